The molecule has 2 heterocycles. The Kier molecular flexibility index (Phi) is 5.54. The quantitative estimate of drug-likeness (QED) is 0.479. The number of nitrogens with one attached hydrogen (secondary N) is 1. The van der Waals surface area contributed by atoms with Crippen LogP contribution in [0.5, 0.6) is 11.5 Å². The van der Waals surface area contributed by atoms with Crippen molar-refractivity contribution < 1.29 is 14.6 Å². The summed E-state index contributed by atoms with van der Waals surface area (Å²) < 4.78 is 7.80. The van der Waals surface area contributed by atoms with Crippen molar-refractivity contribution in [3.8, 4) is 11.5 Å². The number of rotatable bonds is 8. The number of benzene rings is 2. The van der Waals surface area contributed by atoms with Gasteiger partial charge in [-0.2, -0.15) is 0 Å². The van der Waals surface area contributed by atoms with E-state index in [-0.39, 0.29) is 0 Å². The van der Waals surface area contributed by atoms with E-state index in [2.05, 4.69) is 10.3 Å². The molecule has 29 heavy (non-hydrogen) atoms. The number of hydrogen-bond acceptors (Lipinski definition) is 4. The van der Waals surface area contributed by atoms with E-state index in [9.17, 15) is 9.90 Å². The minimum atomic E-state index is -0.891. The minimum Gasteiger partial charge on any atom is -0.480 e. The maximum atomic E-state index is 11.8. The first kappa shape index (κ1) is 18.7. The summed E-state index contributed by atoms with van der Waals surface area (Å²) in [6.45, 7) is 0.422. The molecule has 0 radical (unpaired) electrons. The topological polar surface area (TPSA) is 75.9 Å². The number of carboxylic acid groups (broad SMARTS) is 1. The molecule has 4 aromatic rings. The summed E-state index contributed by atoms with van der Waals surface area (Å²) in [6, 6.07) is 22.1. The Morgan fingerprint density at radius 1 is 1.03 bits per heavy atom. The molecule has 4 rings (SSSR count). The third kappa shape index (κ3) is 4.62. The summed E-state index contributed by atoms with van der Waals surface area (Å²) in [5.74, 6) is 0.532. The molecule has 6 heteroatoms. The lowest BCUT2D eigenvalue weighted by atomic mass is 10.1. The van der Waals surface area contributed by atoms with E-state index in [0.29, 0.717) is 18.7 Å². The molecule has 0 fully saturated rings. The lowest BCUT2D eigenvalue weighted by Crippen LogP contribution is -2.38. The van der Waals surface area contributed by atoms with Gasteiger partial charge in [-0.05, 0) is 48.4 Å². The largest absolute Gasteiger partial charge is 0.480 e. The summed E-state index contributed by atoms with van der Waals surface area (Å²) in [4.78, 5) is 16.1. The molecule has 2 aromatic heterocycles. The molecule has 0 aliphatic rings. The monoisotopic (exact) mass is 387 g/mol. The third-order valence-corrected chi connectivity index (χ3v) is 4.66. The van der Waals surface area contributed by atoms with Crippen LogP contribution in [0.2, 0.25) is 0 Å². The van der Waals surface area contributed by atoms with Crippen LogP contribution in [0.3, 0.4) is 0 Å². The maximum absolute atomic E-state index is 11.8. The number of nitrogens with zero attached hydrogens (tertiary/aromatic N) is 2. The predicted octanol–water partition coefficient (Wildman–Crippen LogP) is 3.91. The molecule has 0 aliphatic heterocycles. The molecular weight excluding hydrogens is 366 g/mol. The predicted molar refractivity (Wildman–Crippen MR) is 110 cm³/mol. The second kappa shape index (κ2) is 8.58. The molecule has 0 spiro atoms. The first-order valence-electron chi connectivity index (χ1n) is 9.38. The van der Waals surface area contributed by atoms with Gasteiger partial charge in [0.15, 0.2) is 0 Å². The number of para-hydroxylation sites is 1. The van der Waals surface area contributed by atoms with Crippen LogP contribution < -0.4 is 10.1 Å². The van der Waals surface area contributed by atoms with E-state index >= 15 is 0 Å². The van der Waals surface area contributed by atoms with Crippen molar-refractivity contribution in [1.29, 1.82) is 0 Å². The molecule has 0 saturated heterocycles. The van der Waals surface area contributed by atoms with Gasteiger partial charge in [0.2, 0.25) is 0 Å². The number of aromatic nitrogens is 2. The van der Waals surface area contributed by atoms with Crippen LogP contribution in [0.15, 0.2) is 85.2 Å². The van der Waals surface area contributed by atoms with Crippen molar-refractivity contribution in [2.24, 2.45) is 0 Å². The van der Waals surface area contributed by atoms with Gasteiger partial charge in [0.25, 0.3) is 0 Å². The Hall–Kier alpha value is -3.64. The molecule has 0 aliphatic carbocycles. The number of fused-ring (bicyclic) bond motifs is 1. The van der Waals surface area contributed by atoms with Crippen LogP contribution in [0, 0.1) is 0 Å². The smallest absolute Gasteiger partial charge is 0.321 e. The van der Waals surface area contributed by atoms with Crippen LogP contribution in [0.4, 0.5) is 0 Å². The van der Waals surface area contributed by atoms with E-state index < -0.39 is 12.0 Å². The number of hydrogen-bond donors (Lipinski definition) is 2. The van der Waals surface area contributed by atoms with Gasteiger partial charge in [0.1, 0.15) is 23.2 Å². The molecule has 146 valence electrons. The molecule has 6 nitrogen and oxygen atoms in total. The highest BCUT2D eigenvalue weighted by Gasteiger charge is 2.18. The van der Waals surface area contributed by atoms with E-state index in [4.69, 9.17) is 4.74 Å². The fourth-order valence-electron chi connectivity index (χ4n) is 3.22. The second-order valence-electron chi connectivity index (χ2n) is 6.71. The molecule has 0 saturated carbocycles. The summed E-state index contributed by atoms with van der Waals surface area (Å²) in [6.07, 6.45) is 3.94. The van der Waals surface area contributed by atoms with Crippen LogP contribution >= 0.6 is 0 Å². The van der Waals surface area contributed by atoms with Gasteiger partial charge >= 0.3 is 5.97 Å². The SMILES string of the molecule is O=C(O)C(Cc1cccc(Oc2ccccc2)c1)NCc1cccc2nccn12. The Bertz CT molecular complexity index is 1110. The number of imidazole rings is 1. The first-order chi connectivity index (χ1) is 14.2. The fourth-order valence-corrected chi connectivity index (χ4v) is 3.22. The molecule has 0 bridgehead atoms. The number of ether oxygens (including phenoxy) is 1. The number of carboxylic acids is 1. The van der Waals surface area contributed by atoms with Crippen molar-refractivity contribution in [2.75, 3.05) is 0 Å². The summed E-state index contributed by atoms with van der Waals surface area (Å²) in [5, 5.41) is 12.8. The zero-order valence-corrected chi connectivity index (χ0v) is 15.7. The fraction of sp³-hybridized carbons (Fsp3) is 0.130. The Balaban J connectivity index is 1.45. The van der Waals surface area contributed by atoms with Gasteiger partial charge in [0, 0.05) is 24.6 Å². The third-order valence-electron chi connectivity index (χ3n) is 4.66. The average Bonchev–Trinajstić information content (AvgIpc) is 3.21. The van der Waals surface area contributed by atoms with Gasteiger partial charge in [-0.1, -0.05) is 36.4 Å². The Morgan fingerprint density at radius 2 is 1.83 bits per heavy atom. The Labute approximate surface area is 168 Å². The maximum Gasteiger partial charge on any atom is 0.321 e. The second-order valence-corrected chi connectivity index (χ2v) is 6.71. The standard InChI is InChI=1S/C23H21N3O3/c27-23(28)21(25-16-18-7-5-11-22-24-12-13-26(18)22)15-17-6-4-10-20(14-17)29-19-8-2-1-3-9-19/h1-14,21,25H,15-16H2,(H,27,28). The lowest BCUT2D eigenvalue weighted by Gasteiger charge is -2.16. The van der Waals surface area contributed by atoms with Crippen LogP contribution in [-0.4, -0.2) is 26.5 Å². The summed E-state index contributed by atoms with van der Waals surface area (Å²) in [7, 11) is 0. The highest BCUT2D eigenvalue weighted by molar-refractivity contribution is 5.74. The Morgan fingerprint density at radius 3 is 2.66 bits per heavy atom. The van der Waals surface area contributed by atoms with Crippen LogP contribution in [0.1, 0.15) is 11.3 Å². The molecule has 0 amide bonds. The van der Waals surface area contributed by atoms with Crippen molar-refractivity contribution in [3.05, 3.63) is 96.4 Å². The van der Waals surface area contributed by atoms with E-state index in [1.54, 1.807) is 6.20 Å². The zero-order valence-electron chi connectivity index (χ0n) is 15.7. The normalized spacial score (nSPS) is 12.0. The number of aliphatic carboxylic acids is 1. The molecular formula is C23H21N3O3. The minimum absolute atomic E-state index is 0.348. The lowest BCUT2D eigenvalue weighted by molar-refractivity contribution is -0.139. The van der Waals surface area contributed by atoms with Crippen molar-refractivity contribution in [2.45, 2.75) is 19.0 Å². The van der Waals surface area contributed by atoms with Gasteiger partial charge in [0.05, 0.1) is 0 Å². The first-order valence-corrected chi connectivity index (χ1v) is 9.38. The van der Waals surface area contributed by atoms with Gasteiger partial charge < -0.3 is 14.2 Å². The highest BCUT2D eigenvalue weighted by Crippen LogP contribution is 2.22. The zero-order chi connectivity index (χ0) is 20.1. The van der Waals surface area contributed by atoms with Gasteiger partial charge in [-0.15, -0.1) is 0 Å². The molecule has 2 N–H and O–H groups in total. The van der Waals surface area contributed by atoms with Crippen LogP contribution in [0.25, 0.3) is 5.65 Å². The molecule has 2 aromatic carbocycles. The van der Waals surface area contributed by atoms with Gasteiger partial charge in [-0.25, -0.2) is 4.98 Å². The molecule has 1 atom stereocenters. The highest BCUT2D eigenvalue weighted by atomic mass is 16.5. The van der Waals surface area contributed by atoms with E-state index in [1.807, 2.05) is 83.4 Å². The van der Waals surface area contributed by atoms with Gasteiger partial charge in [-0.3, -0.25) is 10.1 Å². The average molecular weight is 387 g/mol. The van der Waals surface area contributed by atoms with E-state index in [1.165, 1.54) is 0 Å². The van der Waals surface area contributed by atoms with Crippen LogP contribution in [-0.2, 0) is 17.8 Å². The van der Waals surface area contributed by atoms with E-state index in [0.717, 1.165) is 22.7 Å². The summed E-state index contributed by atoms with van der Waals surface area (Å²) >= 11 is 0. The number of carbonyl (C=O) groups is 1. The molecule has 1 unspecified atom stereocenters. The van der Waals surface area contributed by atoms with Crippen molar-refractivity contribution in [3.63, 3.8) is 0 Å². The van der Waals surface area contributed by atoms with Crippen molar-refractivity contribution >= 4 is 11.6 Å². The number of pyridine rings is 1. The van der Waals surface area contributed by atoms with Crippen molar-refractivity contribution in [1.82, 2.24) is 14.7 Å². The summed E-state index contributed by atoms with van der Waals surface area (Å²) in [5.41, 5.74) is 2.67.